The number of carboxylic acids is 1. The van der Waals surface area contributed by atoms with E-state index in [0.29, 0.717) is 0 Å². The zero-order valence-electron chi connectivity index (χ0n) is 7.27. The Morgan fingerprint density at radius 1 is 1.57 bits per heavy atom. The van der Waals surface area contributed by atoms with Crippen LogP contribution in [-0.2, 0) is 11.4 Å². The van der Waals surface area contributed by atoms with E-state index in [-0.39, 0.29) is 11.1 Å². The van der Waals surface area contributed by atoms with Crippen LogP contribution in [0, 0.1) is 5.82 Å². The third-order valence-electron chi connectivity index (χ3n) is 1.87. The van der Waals surface area contributed by atoms with Crippen LogP contribution in [0.2, 0.25) is 0 Å². The quantitative estimate of drug-likeness (QED) is 0.658. The summed E-state index contributed by atoms with van der Waals surface area (Å²) in [7, 11) is 0. The summed E-state index contributed by atoms with van der Waals surface area (Å²) in [5.41, 5.74) is 5.62. The SMILES string of the molecule is NC(C(=O)O)c1ccc(F)c(CO)c1. The molecule has 0 radical (unpaired) electrons. The maximum Gasteiger partial charge on any atom is 0.325 e. The highest BCUT2D eigenvalue weighted by molar-refractivity contribution is 5.75. The second kappa shape index (κ2) is 4.17. The van der Waals surface area contributed by atoms with Crippen molar-refractivity contribution in [3.8, 4) is 0 Å². The molecule has 1 aromatic carbocycles. The average Bonchev–Trinajstić information content (AvgIpc) is 2.17. The van der Waals surface area contributed by atoms with E-state index >= 15 is 0 Å². The number of aliphatic hydroxyl groups excluding tert-OH is 1. The zero-order chi connectivity index (χ0) is 10.7. The largest absolute Gasteiger partial charge is 0.480 e. The number of nitrogens with two attached hydrogens (primary N) is 1. The average molecular weight is 199 g/mol. The lowest BCUT2D eigenvalue weighted by Crippen LogP contribution is -2.20. The van der Waals surface area contributed by atoms with E-state index in [2.05, 4.69) is 0 Å². The lowest BCUT2D eigenvalue weighted by Gasteiger charge is -2.08. The van der Waals surface area contributed by atoms with Crippen LogP contribution in [0.3, 0.4) is 0 Å². The van der Waals surface area contributed by atoms with Crippen LogP contribution in [0.4, 0.5) is 4.39 Å². The molecule has 0 heterocycles. The molecule has 1 atom stereocenters. The van der Waals surface area contributed by atoms with Crippen LogP contribution >= 0.6 is 0 Å². The maximum absolute atomic E-state index is 12.9. The van der Waals surface area contributed by atoms with Crippen molar-refractivity contribution in [1.82, 2.24) is 0 Å². The number of halogens is 1. The minimum absolute atomic E-state index is 0.0409. The normalized spacial score (nSPS) is 12.5. The topological polar surface area (TPSA) is 83.6 Å². The van der Waals surface area contributed by atoms with E-state index in [1.54, 1.807) is 0 Å². The van der Waals surface area contributed by atoms with Gasteiger partial charge in [0.25, 0.3) is 0 Å². The molecular formula is C9H10FNO3. The molecule has 0 aliphatic carbocycles. The van der Waals surface area contributed by atoms with Gasteiger partial charge in [0.15, 0.2) is 0 Å². The van der Waals surface area contributed by atoms with E-state index in [1.165, 1.54) is 12.1 Å². The Morgan fingerprint density at radius 3 is 2.71 bits per heavy atom. The molecule has 4 N–H and O–H groups in total. The minimum Gasteiger partial charge on any atom is -0.480 e. The Bertz CT molecular complexity index is 354. The van der Waals surface area contributed by atoms with Crippen molar-refractivity contribution in [3.63, 3.8) is 0 Å². The Hall–Kier alpha value is -1.46. The van der Waals surface area contributed by atoms with Gasteiger partial charge < -0.3 is 15.9 Å². The maximum atomic E-state index is 12.9. The second-order valence-corrected chi connectivity index (χ2v) is 2.82. The Kier molecular flexibility index (Phi) is 3.16. The predicted octanol–water partition coefficient (Wildman–Crippen LogP) is 0.402. The highest BCUT2D eigenvalue weighted by atomic mass is 19.1. The fraction of sp³-hybridized carbons (Fsp3) is 0.222. The Balaban J connectivity index is 3.06. The lowest BCUT2D eigenvalue weighted by atomic mass is 10.0. The first-order chi connectivity index (χ1) is 6.56. The molecule has 0 amide bonds. The van der Waals surface area contributed by atoms with Crippen molar-refractivity contribution in [2.45, 2.75) is 12.6 Å². The summed E-state index contributed by atoms with van der Waals surface area (Å²) < 4.78 is 12.9. The van der Waals surface area contributed by atoms with Gasteiger partial charge in [0.05, 0.1) is 6.61 Å². The molecule has 5 heteroatoms. The van der Waals surface area contributed by atoms with E-state index < -0.39 is 24.4 Å². The van der Waals surface area contributed by atoms with Gasteiger partial charge in [-0.25, -0.2) is 4.39 Å². The number of hydrogen-bond donors (Lipinski definition) is 3. The lowest BCUT2D eigenvalue weighted by molar-refractivity contribution is -0.138. The molecule has 0 aliphatic rings. The number of hydrogen-bond acceptors (Lipinski definition) is 3. The van der Waals surface area contributed by atoms with Crippen LogP contribution in [0.5, 0.6) is 0 Å². The first-order valence-corrected chi connectivity index (χ1v) is 3.94. The van der Waals surface area contributed by atoms with Crippen molar-refractivity contribution < 1.29 is 19.4 Å². The number of aliphatic hydroxyl groups is 1. The van der Waals surface area contributed by atoms with E-state index in [0.717, 1.165) is 6.07 Å². The first kappa shape index (κ1) is 10.6. The van der Waals surface area contributed by atoms with Gasteiger partial charge in [0, 0.05) is 5.56 Å². The Labute approximate surface area is 79.8 Å². The van der Waals surface area contributed by atoms with Gasteiger partial charge in [-0.05, 0) is 17.7 Å². The molecule has 0 saturated heterocycles. The van der Waals surface area contributed by atoms with Crippen molar-refractivity contribution >= 4 is 5.97 Å². The van der Waals surface area contributed by atoms with Gasteiger partial charge in [-0.3, -0.25) is 4.79 Å². The zero-order valence-corrected chi connectivity index (χ0v) is 7.27. The highest BCUT2D eigenvalue weighted by Gasteiger charge is 2.15. The van der Waals surface area contributed by atoms with Gasteiger partial charge >= 0.3 is 5.97 Å². The number of carboxylic acid groups (broad SMARTS) is 1. The molecule has 0 bridgehead atoms. The van der Waals surface area contributed by atoms with Gasteiger partial charge in [-0.1, -0.05) is 6.07 Å². The molecule has 0 saturated carbocycles. The van der Waals surface area contributed by atoms with Crippen LogP contribution in [0.1, 0.15) is 17.2 Å². The van der Waals surface area contributed by atoms with E-state index in [4.69, 9.17) is 15.9 Å². The number of carbonyl (C=O) groups is 1. The molecule has 4 nitrogen and oxygen atoms in total. The van der Waals surface area contributed by atoms with Crippen molar-refractivity contribution in [2.24, 2.45) is 5.73 Å². The third kappa shape index (κ3) is 2.07. The number of rotatable bonds is 3. The second-order valence-electron chi connectivity index (χ2n) is 2.82. The number of benzene rings is 1. The van der Waals surface area contributed by atoms with E-state index in [9.17, 15) is 9.18 Å². The highest BCUT2D eigenvalue weighted by Crippen LogP contribution is 2.15. The molecule has 14 heavy (non-hydrogen) atoms. The summed E-state index contributed by atoms with van der Waals surface area (Å²) in [6.45, 7) is -0.480. The monoisotopic (exact) mass is 199 g/mol. The predicted molar refractivity (Wildman–Crippen MR) is 46.9 cm³/mol. The molecule has 0 aliphatic heterocycles. The summed E-state index contributed by atoms with van der Waals surface area (Å²) in [6.07, 6.45) is 0. The van der Waals surface area contributed by atoms with Gasteiger partial charge in [0.2, 0.25) is 0 Å². The van der Waals surface area contributed by atoms with Crippen molar-refractivity contribution in [2.75, 3.05) is 0 Å². The van der Waals surface area contributed by atoms with Gasteiger partial charge in [0.1, 0.15) is 11.9 Å². The van der Waals surface area contributed by atoms with Crippen LogP contribution in [-0.4, -0.2) is 16.2 Å². The number of aliphatic carboxylic acids is 1. The molecule has 1 rings (SSSR count). The van der Waals surface area contributed by atoms with Gasteiger partial charge in [-0.2, -0.15) is 0 Å². The standard InChI is InChI=1S/C9H10FNO3/c10-7-2-1-5(3-6(7)4-12)8(11)9(13)14/h1-3,8,12H,4,11H2,(H,13,14). The fourth-order valence-corrected chi connectivity index (χ4v) is 1.05. The minimum atomic E-state index is -1.19. The Morgan fingerprint density at radius 2 is 2.21 bits per heavy atom. The first-order valence-electron chi connectivity index (χ1n) is 3.94. The molecule has 1 unspecified atom stereocenters. The summed E-state index contributed by atoms with van der Waals surface area (Å²) in [4.78, 5) is 10.5. The molecule has 0 aromatic heterocycles. The van der Waals surface area contributed by atoms with Crippen molar-refractivity contribution in [3.05, 3.63) is 35.1 Å². The molecule has 76 valence electrons. The summed E-state index contributed by atoms with van der Waals surface area (Å²) in [5, 5.41) is 17.3. The van der Waals surface area contributed by atoms with Crippen LogP contribution < -0.4 is 5.73 Å². The molecule has 0 spiro atoms. The van der Waals surface area contributed by atoms with Crippen molar-refractivity contribution in [1.29, 1.82) is 0 Å². The molecular weight excluding hydrogens is 189 g/mol. The molecule has 0 fully saturated rings. The van der Waals surface area contributed by atoms with E-state index in [1.807, 2.05) is 0 Å². The van der Waals surface area contributed by atoms with Gasteiger partial charge in [-0.15, -0.1) is 0 Å². The van der Waals surface area contributed by atoms with Crippen LogP contribution in [0.25, 0.3) is 0 Å². The summed E-state index contributed by atoms with van der Waals surface area (Å²) in [6, 6.07) is 2.42. The van der Waals surface area contributed by atoms with Crippen LogP contribution in [0.15, 0.2) is 18.2 Å². The molecule has 1 aromatic rings. The third-order valence-corrected chi connectivity index (χ3v) is 1.87. The summed E-state index contributed by atoms with van der Waals surface area (Å²) >= 11 is 0. The fourth-order valence-electron chi connectivity index (χ4n) is 1.05. The summed E-state index contributed by atoms with van der Waals surface area (Å²) in [5.74, 6) is -1.77. The smallest absolute Gasteiger partial charge is 0.325 e.